The van der Waals surface area contributed by atoms with Crippen molar-refractivity contribution >= 4 is 5.91 Å². The number of carbonyl (C=O) groups excluding carboxylic acids is 1. The lowest BCUT2D eigenvalue weighted by Crippen LogP contribution is -2.49. The van der Waals surface area contributed by atoms with E-state index < -0.39 is 0 Å². The summed E-state index contributed by atoms with van der Waals surface area (Å²) in [7, 11) is 1.64. The molecule has 1 amide bonds. The molecule has 0 saturated carbocycles. The van der Waals surface area contributed by atoms with Gasteiger partial charge in [0.25, 0.3) is 0 Å². The molecule has 0 aromatic heterocycles. The fourth-order valence-electron chi connectivity index (χ4n) is 1.71. The lowest BCUT2D eigenvalue weighted by Gasteiger charge is -2.33. The fraction of sp³-hybridized carbons (Fsp3) is 0.889. The molecule has 2 unspecified atom stereocenters. The minimum absolute atomic E-state index is 0.0223. The van der Waals surface area contributed by atoms with Crippen molar-refractivity contribution in [3.63, 3.8) is 0 Å². The van der Waals surface area contributed by atoms with E-state index in [0.717, 1.165) is 19.4 Å². The van der Waals surface area contributed by atoms with Crippen LogP contribution in [0.1, 0.15) is 19.8 Å². The van der Waals surface area contributed by atoms with Crippen LogP contribution in [0, 0.1) is 0 Å². The van der Waals surface area contributed by atoms with Crippen molar-refractivity contribution < 1.29 is 9.90 Å². The Morgan fingerprint density at radius 1 is 1.69 bits per heavy atom. The lowest BCUT2D eigenvalue weighted by atomic mass is 10.1. The van der Waals surface area contributed by atoms with E-state index in [1.165, 1.54) is 0 Å². The smallest absolute Gasteiger partial charge is 0.236 e. The highest BCUT2D eigenvalue weighted by Crippen LogP contribution is 2.12. The maximum absolute atomic E-state index is 11.3. The summed E-state index contributed by atoms with van der Waals surface area (Å²) >= 11 is 0. The number of rotatable bonds is 2. The van der Waals surface area contributed by atoms with E-state index in [2.05, 4.69) is 5.32 Å². The molecule has 4 heteroatoms. The highest BCUT2D eigenvalue weighted by atomic mass is 16.3. The molecule has 0 aromatic carbocycles. The molecule has 0 aliphatic carbocycles. The van der Waals surface area contributed by atoms with Crippen LogP contribution in [-0.2, 0) is 4.79 Å². The summed E-state index contributed by atoms with van der Waals surface area (Å²) in [5.41, 5.74) is 0. The monoisotopic (exact) mass is 186 g/mol. The number of amides is 1. The predicted molar refractivity (Wildman–Crippen MR) is 50.3 cm³/mol. The number of piperidine rings is 1. The number of hydrogen-bond donors (Lipinski definition) is 2. The van der Waals surface area contributed by atoms with Crippen LogP contribution in [0.5, 0.6) is 0 Å². The van der Waals surface area contributed by atoms with Crippen molar-refractivity contribution in [1.82, 2.24) is 10.2 Å². The van der Waals surface area contributed by atoms with Gasteiger partial charge < -0.3 is 10.4 Å². The Balaban J connectivity index is 2.45. The normalized spacial score (nSPS) is 26.8. The van der Waals surface area contributed by atoms with Crippen LogP contribution < -0.4 is 5.32 Å². The van der Waals surface area contributed by atoms with Gasteiger partial charge in [-0.1, -0.05) is 0 Å². The van der Waals surface area contributed by atoms with Gasteiger partial charge in [-0.05, 0) is 26.3 Å². The topological polar surface area (TPSA) is 52.6 Å². The van der Waals surface area contributed by atoms with Crippen LogP contribution in [0.2, 0.25) is 0 Å². The van der Waals surface area contributed by atoms with E-state index in [4.69, 9.17) is 0 Å². The van der Waals surface area contributed by atoms with E-state index in [9.17, 15) is 9.90 Å². The third-order valence-corrected chi connectivity index (χ3v) is 2.60. The van der Waals surface area contributed by atoms with Crippen molar-refractivity contribution in [3.8, 4) is 0 Å². The standard InChI is InChI=1S/C9H18N2O2/c1-7(9(13)10-2)11-5-3-4-8(12)6-11/h7-8,12H,3-6H2,1-2H3,(H,10,13). The Hall–Kier alpha value is -0.610. The molecule has 1 aliphatic heterocycles. The van der Waals surface area contributed by atoms with Gasteiger partial charge in [-0.15, -0.1) is 0 Å². The van der Waals surface area contributed by atoms with Crippen molar-refractivity contribution in [2.45, 2.75) is 31.9 Å². The van der Waals surface area contributed by atoms with Crippen LogP contribution in [0.4, 0.5) is 0 Å². The number of likely N-dealkylation sites (N-methyl/N-ethyl adjacent to an activating group) is 1. The number of likely N-dealkylation sites (tertiary alicyclic amines) is 1. The van der Waals surface area contributed by atoms with Gasteiger partial charge in [0.15, 0.2) is 0 Å². The van der Waals surface area contributed by atoms with Gasteiger partial charge >= 0.3 is 0 Å². The maximum atomic E-state index is 11.3. The van der Waals surface area contributed by atoms with Crippen molar-refractivity contribution in [2.24, 2.45) is 0 Å². The molecule has 1 aliphatic rings. The summed E-state index contributed by atoms with van der Waals surface area (Å²) < 4.78 is 0. The average molecular weight is 186 g/mol. The molecule has 0 radical (unpaired) electrons. The molecule has 13 heavy (non-hydrogen) atoms. The van der Waals surface area contributed by atoms with Crippen LogP contribution in [0.15, 0.2) is 0 Å². The summed E-state index contributed by atoms with van der Waals surface area (Å²) in [4.78, 5) is 13.3. The van der Waals surface area contributed by atoms with Gasteiger partial charge in [0.1, 0.15) is 0 Å². The summed E-state index contributed by atoms with van der Waals surface area (Å²) in [6.45, 7) is 3.40. The van der Waals surface area contributed by atoms with Gasteiger partial charge in [0.05, 0.1) is 12.1 Å². The van der Waals surface area contributed by atoms with Gasteiger partial charge in [-0.2, -0.15) is 0 Å². The van der Waals surface area contributed by atoms with Crippen LogP contribution in [0.3, 0.4) is 0 Å². The molecule has 2 N–H and O–H groups in total. The highest BCUT2D eigenvalue weighted by molar-refractivity contribution is 5.80. The quantitative estimate of drug-likeness (QED) is 0.615. The van der Waals surface area contributed by atoms with Crippen LogP contribution in [0.25, 0.3) is 0 Å². The van der Waals surface area contributed by atoms with Gasteiger partial charge in [0, 0.05) is 13.6 Å². The second-order valence-corrected chi connectivity index (χ2v) is 3.58. The van der Waals surface area contributed by atoms with Gasteiger partial charge in [0.2, 0.25) is 5.91 Å². The summed E-state index contributed by atoms with van der Waals surface area (Å²) in [6, 6.07) is -0.125. The minimum Gasteiger partial charge on any atom is -0.392 e. The maximum Gasteiger partial charge on any atom is 0.236 e. The molecule has 0 bridgehead atoms. The third-order valence-electron chi connectivity index (χ3n) is 2.60. The van der Waals surface area contributed by atoms with E-state index >= 15 is 0 Å². The average Bonchev–Trinajstić information content (AvgIpc) is 2.15. The van der Waals surface area contributed by atoms with E-state index in [-0.39, 0.29) is 18.1 Å². The molecule has 76 valence electrons. The third kappa shape index (κ3) is 2.67. The van der Waals surface area contributed by atoms with E-state index in [1.54, 1.807) is 7.05 Å². The molecule has 1 heterocycles. The Morgan fingerprint density at radius 2 is 2.38 bits per heavy atom. The number of carbonyl (C=O) groups is 1. The number of nitrogens with one attached hydrogen (secondary N) is 1. The number of aliphatic hydroxyl groups excluding tert-OH is 1. The first-order valence-electron chi connectivity index (χ1n) is 4.79. The molecule has 1 saturated heterocycles. The van der Waals surface area contributed by atoms with Crippen molar-refractivity contribution in [1.29, 1.82) is 0 Å². The first kappa shape index (κ1) is 10.5. The molecule has 1 rings (SSSR count). The SMILES string of the molecule is CNC(=O)C(C)N1CCCC(O)C1. The summed E-state index contributed by atoms with van der Waals surface area (Å²) in [5.74, 6) is 0.0223. The van der Waals surface area contributed by atoms with Crippen molar-refractivity contribution in [2.75, 3.05) is 20.1 Å². The highest BCUT2D eigenvalue weighted by Gasteiger charge is 2.25. The molecule has 2 atom stereocenters. The summed E-state index contributed by atoms with van der Waals surface area (Å²) in [6.07, 6.45) is 1.57. The Kier molecular flexibility index (Phi) is 3.69. The molecule has 0 aromatic rings. The first-order valence-corrected chi connectivity index (χ1v) is 4.79. The zero-order valence-electron chi connectivity index (χ0n) is 8.29. The van der Waals surface area contributed by atoms with Gasteiger partial charge in [-0.3, -0.25) is 9.69 Å². The Labute approximate surface area is 78.9 Å². The molecule has 4 nitrogen and oxygen atoms in total. The molecule has 1 fully saturated rings. The fourth-order valence-corrected chi connectivity index (χ4v) is 1.71. The Morgan fingerprint density at radius 3 is 2.92 bits per heavy atom. The van der Waals surface area contributed by atoms with Crippen LogP contribution >= 0.6 is 0 Å². The Bertz CT molecular complexity index is 184. The summed E-state index contributed by atoms with van der Waals surface area (Å²) in [5, 5.41) is 12.0. The molecule has 0 spiro atoms. The zero-order valence-corrected chi connectivity index (χ0v) is 8.29. The lowest BCUT2D eigenvalue weighted by molar-refractivity contribution is -0.126. The van der Waals surface area contributed by atoms with Crippen molar-refractivity contribution in [3.05, 3.63) is 0 Å². The zero-order chi connectivity index (χ0) is 9.84. The largest absolute Gasteiger partial charge is 0.392 e. The van der Waals surface area contributed by atoms with Crippen LogP contribution in [-0.4, -0.2) is 48.2 Å². The minimum atomic E-state index is -0.263. The van der Waals surface area contributed by atoms with E-state index in [1.807, 2.05) is 11.8 Å². The number of β-amino-alcohol motifs (C(OH)–C–C–N with tert-alkyl or cyclic N) is 1. The molecular formula is C9H18N2O2. The first-order chi connectivity index (χ1) is 6.15. The second kappa shape index (κ2) is 4.58. The predicted octanol–water partition coefficient (Wildman–Crippen LogP) is -0.422. The number of aliphatic hydroxyl groups is 1. The van der Waals surface area contributed by atoms with E-state index in [0.29, 0.717) is 6.54 Å². The second-order valence-electron chi connectivity index (χ2n) is 3.58. The number of hydrogen-bond acceptors (Lipinski definition) is 3. The van der Waals surface area contributed by atoms with Gasteiger partial charge in [-0.25, -0.2) is 0 Å². The number of nitrogens with zero attached hydrogens (tertiary/aromatic N) is 1. The molecular weight excluding hydrogens is 168 g/mol.